The number of nitrogens with one attached hydrogen (secondary N) is 1. The van der Waals surface area contributed by atoms with Gasteiger partial charge in [0.2, 0.25) is 5.91 Å². The summed E-state index contributed by atoms with van der Waals surface area (Å²) >= 11 is 1.49. The van der Waals surface area contributed by atoms with E-state index in [1.165, 1.54) is 11.3 Å². The van der Waals surface area contributed by atoms with E-state index in [1.807, 2.05) is 23.8 Å². The Balaban J connectivity index is 1.97. The number of carbonyl (C=O) groups excluding carboxylic acids is 2. The molecule has 0 bridgehead atoms. The number of hydrogen-bond donors (Lipinski definition) is 2. The summed E-state index contributed by atoms with van der Waals surface area (Å²) in [6, 6.07) is 1.82. The summed E-state index contributed by atoms with van der Waals surface area (Å²) in [4.78, 5) is 24.8. The van der Waals surface area contributed by atoms with Gasteiger partial charge in [-0.25, -0.2) is 4.68 Å². The van der Waals surface area contributed by atoms with Crippen molar-refractivity contribution in [2.24, 2.45) is 11.7 Å². The average molecular weight is 404 g/mol. The van der Waals surface area contributed by atoms with E-state index in [2.05, 4.69) is 29.5 Å². The van der Waals surface area contributed by atoms with E-state index in [0.29, 0.717) is 24.1 Å². The molecule has 3 rings (SSSR count). The molecule has 0 spiro atoms. The second-order valence-electron chi connectivity index (χ2n) is 7.89. The molecule has 1 atom stereocenters. The van der Waals surface area contributed by atoms with Gasteiger partial charge in [0.15, 0.2) is 0 Å². The molecular formula is C20H29N5O2S. The quantitative estimate of drug-likeness (QED) is 0.636. The zero-order valence-corrected chi connectivity index (χ0v) is 17.6. The summed E-state index contributed by atoms with van der Waals surface area (Å²) < 4.78 is 1.59. The normalized spacial score (nSPS) is 17.3. The third kappa shape index (κ3) is 3.70. The van der Waals surface area contributed by atoms with E-state index in [9.17, 15) is 9.59 Å². The molecule has 1 aliphatic carbocycles. The lowest BCUT2D eigenvalue weighted by Gasteiger charge is -2.37. The predicted molar refractivity (Wildman–Crippen MR) is 109 cm³/mol. The first-order valence-electron chi connectivity index (χ1n) is 9.95. The fourth-order valence-corrected chi connectivity index (χ4v) is 4.55. The van der Waals surface area contributed by atoms with Crippen LogP contribution in [-0.2, 0) is 15.9 Å². The van der Waals surface area contributed by atoms with Gasteiger partial charge in [0, 0.05) is 5.38 Å². The molecule has 0 aromatic carbocycles. The average Bonchev–Trinajstić information content (AvgIpc) is 3.09. The van der Waals surface area contributed by atoms with Crippen LogP contribution in [0.15, 0.2) is 23.0 Å². The van der Waals surface area contributed by atoms with Gasteiger partial charge < -0.3 is 11.1 Å². The van der Waals surface area contributed by atoms with Crippen molar-refractivity contribution in [1.82, 2.24) is 20.3 Å². The van der Waals surface area contributed by atoms with Crippen LogP contribution in [0, 0.1) is 5.92 Å². The van der Waals surface area contributed by atoms with Crippen molar-refractivity contribution < 1.29 is 9.59 Å². The maximum absolute atomic E-state index is 12.9. The van der Waals surface area contributed by atoms with Gasteiger partial charge in [-0.2, -0.15) is 11.3 Å². The first-order chi connectivity index (χ1) is 13.4. The first-order valence-corrected chi connectivity index (χ1v) is 10.9. The molecule has 2 aromatic rings. The molecule has 1 fully saturated rings. The van der Waals surface area contributed by atoms with E-state index in [-0.39, 0.29) is 17.7 Å². The second kappa shape index (κ2) is 8.03. The lowest BCUT2D eigenvalue weighted by molar-refractivity contribution is -0.122. The van der Waals surface area contributed by atoms with Crippen LogP contribution in [-0.4, -0.2) is 26.8 Å². The van der Waals surface area contributed by atoms with Crippen LogP contribution >= 0.6 is 11.3 Å². The number of amides is 2. The Morgan fingerprint density at radius 3 is 2.54 bits per heavy atom. The number of nitrogens with zero attached hydrogens (tertiary/aromatic N) is 3. The Morgan fingerprint density at radius 1 is 1.36 bits per heavy atom. The highest BCUT2D eigenvalue weighted by molar-refractivity contribution is 7.08. The molecule has 1 aliphatic rings. The Kier molecular flexibility index (Phi) is 5.88. The monoisotopic (exact) mass is 403 g/mol. The zero-order valence-electron chi connectivity index (χ0n) is 16.8. The molecular weight excluding hydrogens is 374 g/mol. The molecule has 2 aromatic heterocycles. The summed E-state index contributed by atoms with van der Waals surface area (Å²) in [5.74, 6) is -0.294. The van der Waals surface area contributed by atoms with Gasteiger partial charge in [-0.1, -0.05) is 31.9 Å². The second-order valence-corrected chi connectivity index (χ2v) is 8.67. The molecule has 2 heterocycles. The highest BCUT2D eigenvalue weighted by atomic mass is 32.1. The summed E-state index contributed by atoms with van der Waals surface area (Å²) in [6.07, 6.45) is 7.09. The molecule has 2 amide bonds. The Bertz CT molecular complexity index is 822. The number of thiophene rings is 1. The number of carbonyl (C=O) groups is 2. The number of aromatic nitrogens is 3. The first kappa shape index (κ1) is 20.5. The molecule has 3 N–H and O–H groups in total. The van der Waals surface area contributed by atoms with Crippen LogP contribution in [0.5, 0.6) is 0 Å². The maximum atomic E-state index is 12.9. The van der Waals surface area contributed by atoms with Gasteiger partial charge in [-0.3, -0.25) is 9.59 Å². The lowest BCUT2D eigenvalue weighted by Crippen LogP contribution is -2.49. The molecule has 8 heteroatoms. The molecule has 1 unspecified atom stereocenters. The Hall–Kier alpha value is -2.22. The molecule has 1 saturated carbocycles. The van der Waals surface area contributed by atoms with Gasteiger partial charge in [0.25, 0.3) is 5.91 Å². The van der Waals surface area contributed by atoms with Crippen LogP contribution < -0.4 is 11.1 Å². The highest BCUT2D eigenvalue weighted by Crippen LogP contribution is 2.43. The van der Waals surface area contributed by atoms with E-state index in [4.69, 9.17) is 5.73 Å². The van der Waals surface area contributed by atoms with Crippen LogP contribution in [0.3, 0.4) is 0 Å². The molecule has 0 aliphatic heterocycles. The minimum atomic E-state index is -0.755. The molecule has 0 radical (unpaired) electrons. The molecule has 7 nitrogen and oxygen atoms in total. The van der Waals surface area contributed by atoms with Crippen molar-refractivity contribution in [1.29, 1.82) is 0 Å². The summed E-state index contributed by atoms with van der Waals surface area (Å²) in [6.45, 7) is 6.31. The van der Waals surface area contributed by atoms with Crippen LogP contribution in [0.1, 0.15) is 75.3 Å². The van der Waals surface area contributed by atoms with Crippen molar-refractivity contribution in [3.8, 4) is 0 Å². The maximum Gasteiger partial charge on any atom is 0.252 e. The van der Waals surface area contributed by atoms with Crippen molar-refractivity contribution in [2.75, 3.05) is 0 Å². The smallest absolute Gasteiger partial charge is 0.252 e. The lowest BCUT2D eigenvalue weighted by atomic mass is 9.77. The van der Waals surface area contributed by atoms with E-state index >= 15 is 0 Å². The minimum Gasteiger partial charge on any atom is -0.368 e. The van der Waals surface area contributed by atoms with Gasteiger partial charge in [0.05, 0.1) is 17.3 Å². The van der Waals surface area contributed by atoms with Crippen LogP contribution in [0.25, 0.3) is 0 Å². The Labute approximate surface area is 169 Å². The summed E-state index contributed by atoms with van der Waals surface area (Å²) in [5.41, 5.74) is 5.47. The highest BCUT2D eigenvalue weighted by Gasteiger charge is 2.52. The van der Waals surface area contributed by atoms with Crippen molar-refractivity contribution in [3.63, 3.8) is 0 Å². The van der Waals surface area contributed by atoms with Crippen molar-refractivity contribution in [2.45, 2.75) is 70.4 Å². The standard InChI is InChI=1S/C20H29N5O2S/c1-4-6-15(7-5-2)19(3,22-17(26)14-8-11-28-13-14)16-12-25(24-23-16)20(9-10-20)18(21)27/h8,11-13,15H,4-7,9-10H2,1-3H3,(H2,21,27)(H,22,26). The predicted octanol–water partition coefficient (Wildman–Crippen LogP) is 3.18. The summed E-state index contributed by atoms with van der Waals surface area (Å²) in [5, 5.41) is 15.6. The third-order valence-electron chi connectivity index (χ3n) is 5.89. The van der Waals surface area contributed by atoms with Crippen molar-refractivity contribution >= 4 is 23.2 Å². The topological polar surface area (TPSA) is 103 Å². The van der Waals surface area contributed by atoms with Crippen LogP contribution in [0.2, 0.25) is 0 Å². The SMILES string of the molecule is CCCC(CCC)C(C)(NC(=O)c1ccsc1)c1cn(C2(C(N)=O)CC2)nn1. The van der Waals surface area contributed by atoms with Gasteiger partial charge in [0.1, 0.15) is 11.2 Å². The zero-order chi connectivity index (χ0) is 20.4. The molecule has 0 saturated heterocycles. The summed E-state index contributed by atoms with van der Waals surface area (Å²) in [7, 11) is 0. The van der Waals surface area contributed by atoms with Crippen molar-refractivity contribution in [3.05, 3.63) is 34.3 Å². The van der Waals surface area contributed by atoms with Gasteiger partial charge >= 0.3 is 0 Å². The van der Waals surface area contributed by atoms with E-state index in [0.717, 1.165) is 25.7 Å². The number of primary amides is 1. The third-order valence-corrected chi connectivity index (χ3v) is 6.58. The number of rotatable bonds is 10. The van der Waals surface area contributed by atoms with E-state index in [1.54, 1.807) is 10.9 Å². The van der Waals surface area contributed by atoms with E-state index < -0.39 is 11.1 Å². The number of nitrogens with two attached hydrogens (primary N) is 1. The largest absolute Gasteiger partial charge is 0.368 e. The number of hydrogen-bond acceptors (Lipinski definition) is 5. The van der Waals surface area contributed by atoms with Gasteiger partial charge in [-0.15, -0.1) is 5.10 Å². The van der Waals surface area contributed by atoms with Gasteiger partial charge in [-0.05, 0) is 50.0 Å². The minimum absolute atomic E-state index is 0.119. The fourth-order valence-electron chi connectivity index (χ4n) is 3.91. The molecule has 152 valence electrons. The van der Waals surface area contributed by atoms with Crippen LogP contribution in [0.4, 0.5) is 0 Å². The Morgan fingerprint density at radius 2 is 2.04 bits per heavy atom. The molecule has 28 heavy (non-hydrogen) atoms. The fraction of sp³-hybridized carbons (Fsp3) is 0.600.